The van der Waals surface area contributed by atoms with Gasteiger partial charge in [0.25, 0.3) is 11.5 Å². The van der Waals surface area contributed by atoms with Gasteiger partial charge in [-0.2, -0.15) is 0 Å². The number of methoxy groups -OCH3 is 2. The van der Waals surface area contributed by atoms with Gasteiger partial charge in [0.1, 0.15) is 11.5 Å². The first-order valence-corrected chi connectivity index (χ1v) is 7.08. The van der Waals surface area contributed by atoms with E-state index in [0.717, 1.165) is 0 Å². The van der Waals surface area contributed by atoms with E-state index in [0.29, 0.717) is 35.8 Å². The number of carbonyl (C=O) groups excluding carboxylic acids is 1. The lowest BCUT2D eigenvalue weighted by Gasteiger charge is -2.10. The van der Waals surface area contributed by atoms with Crippen LogP contribution in [0.4, 0.5) is 0 Å². The number of rotatable bonds is 6. The molecule has 1 heterocycles. The summed E-state index contributed by atoms with van der Waals surface area (Å²) in [5.74, 6) is 0.803. The molecule has 0 aliphatic heterocycles. The molecule has 0 aliphatic rings. The maximum absolute atomic E-state index is 12.2. The van der Waals surface area contributed by atoms with E-state index in [9.17, 15) is 9.59 Å². The molecule has 0 radical (unpaired) electrons. The Morgan fingerprint density at radius 3 is 2.39 bits per heavy atom. The van der Waals surface area contributed by atoms with Crippen LogP contribution in [0.5, 0.6) is 11.5 Å². The Morgan fingerprint density at radius 2 is 1.83 bits per heavy atom. The number of hydrogen-bond acceptors (Lipinski definition) is 5. The van der Waals surface area contributed by atoms with Gasteiger partial charge in [0, 0.05) is 36.5 Å². The second-order valence-corrected chi connectivity index (χ2v) is 4.92. The zero-order valence-electron chi connectivity index (χ0n) is 13.3. The van der Waals surface area contributed by atoms with Crippen molar-refractivity contribution in [2.24, 2.45) is 0 Å². The molecule has 0 unspecified atom stereocenters. The van der Waals surface area contributed by atoms with Crippen molar-refractivity contribution >= 4 is 5.91 Å². The standard InChI is InChI=1S/C16H19N3O4/c1-11-6-15(20)19(10-18-11)5-4-17-16(21)12-7-13(22-2)9-14(8-12)23-3/h6-10H,4-5H2,1-3H3,(H,17,21). The van der Waals surface area contributed by atoms with Crippen molar-refractivity contribution in [2.75, 3.05) is 20.8 Å². The maximum atomic E-state index is 12.2. The molecular weight excluding hydrogens is 298 g/mol. The van der Waals surface area contributed by atoms with E-state index in [-0.39, 0.29) is 11.5 Å². The van der Waals surface area contributed by atoms with Gasteiger partial charge in [0.15, 0.2) is 0 Å². The number of nitrogens with one attached hydrogen (secondary N) is 1. The van der Waals surface area contributed by atoms with Gasteiger partial charge in [-0.3, -0.25) is 14.2 Å². The van der Waals surface area contributed by atoms with Crippen LogP contribution in [-0.2, 0) is 6.54 Å². The van der Waals surface area contributed by atoms with Crippen molar-refractivity contribution in [1.29, 1.82) is 0 Å². The molecule has 1 amide bonds. The molecule has 1 N–H and O–H groups in total. The lowest BCUT2D eigenvalue weighted by atomic mass is 10.2. The van der Waals surface area contributed by atoms with E-state index in [1.54, 1.807) is 25.1 Å². The van der Waals surface area contributed by atoms with Crippen molar-refractivity contribution in [3.8, 4) is 11.5 Å². The topological polar surface area (TPSA) is 82.4 Å². The molecular formula is C16H19N3O4. The quantitative estimate of drug-likeness (QED) is 0.859. The van der Waals surface area contributed by atoms with Gasteiger partial charge in [-0.25, -0.2) is 4.98 Å². The van der Waals surface area contributed by atoms with Crippen LogP contribution in [0.2, 0.25) is 0 Å². The van der Waals surface area contributed by atoms with Crippen LogP contribution in [0.15, 0.2) is 35.4 Å². The van der Waals surface area contributed by atoms with E-state index < -0.39 is 0 Å². The minimum absolute atomic E-state index is 0.144. The fraction of sp³-hybridized carbons (Fsp3) is 0.312. The monoisotopic (exact) mass is 317 g/mol. The molecule has 1 aromatic heterocycles. The zero-order valence-corrected chi connectivity index (χ0v) is 13.3. The predicted molar refractivity (Wildman–Crippen MR) is 85.1 cm³/mol. The number of aryl methyl sites for hydroxylation is 1. The number of hydrogen-bond donors (Lipinski definition) is 1. The van der Waals surface area contributed by atoms with Gasteiger partial charge in [0.05, 0.1) is 20.5 Å². The highest BCUT2D eigenvalue weighted by molar-refractivity contribution is 5.95. The molecule has 2 rings (SSSR count). The first-order valence-electron chi connectivity index (χ1n) is 7.08. The van der Waals surface area contributed by atoms with E-state index in [4.69, 9.17) is 9.47 Å². The predicted octanol–water partition coefficient (Wildman–Crippen LogP) is 0.999. The average Bonchev–Trinajstić information content (AvgIpc) is 2.56. The number of benzene rings is 1. The molecule has 0 bridgehead atoms. The molecule has 122 valence electrons. The Labute approximate surface area is 133 Å². The van der Waals surface area contributed by atoms with E-state index >= 15 is 0 Å². The highest BCUT2D eigenvalue weighted by Gasteiger charge is 2.09. The highest BCUT2D eigenvalue weighted by atomic mass is 16.5. The Balaban J connectivity index is 2.01. The van der Waals surface area contributed by atoms with Gasteiger partial charge in [-0.1, -0.05) is 0 Å². The van der Waals surface area contributed by atoms with Crippen molar-refractivity contribution in [2.45, 2.75) is 13.5 Å². The van der Waals surface area contributed by atoms with Crippen molar-refractivity contribution in [3.05, 3.63) is 52.2 Å². The highest BCUT2D eigenvalue weighted by Crippen LogP contribution is 2.22. The molecule has 0 aliphatic carbocycles. The minimum Gasteiger partial charge on any atom is -0.497 e. The van der Waals surface area contributed by atoms with Crippen molar-refractivity contribution < 1.29 is 14.3 Å². The molecule has 0 fully saturated rings. The smallest absolute Gasteiger partial charge is 0.253 e. The maximum Gasteiger partial charge on any atom is 0.253 e. The summed E-state index contributed by atoms with van der Waals surface area (Å²) in [5, 5.41) is 2.75. The lowest BCUT2D eigenvalue weighted by Crippen LogP contribution is -2.30. The third kappa shape index (κ3) is 4.32. The van der Waals surface area contributed by atoms with Crippen LogP contribution in [0.3, 0.4) is 0 Å². The number of carbonyl (C=O) groups is 1. The Morgan fingerprint density at radius 1 is 1.17 bits per heavy atom. The summed E-state index contributed by atoms with van der Waals surface area (Å²) >= 11 is 0. The van der Waals surface area contributed by atoms with Gasteiger partial charge in [-0.15, -0.1) is 0 Å². The Hall–Kier alpha value is -2.83. The fourth-order valence-corrected chi connectivity index (χ4v) is 2.01. The summed E-state index contributed by atoms with van der Waals surface area (Å²) in [6.07, 6.45) is 1.47. The number of nitrogens with zero attached hydrogens (tertiary/aromatic N) is 2. The molecule has 2 aromatic rings. The van der Waals surface area contributed by atoms with Crippen molar-refractivity contribution in [1.82, 2.24) is 14.9 Å². The second kappa shape index (κ2) is 7.44. The Bertz CT molecular complexity index is 733. The summed E-state index contributed by atoms with van der Waals surface area (Å²) in [6.45, 7) is 2.41. The molecule has 7 nitrogen and oxygen atoms in total. The second-order valence-electron chi connectivity index (χ2n) is 4.92. The molecule has 23 heavy (non-hydrogen) atoms. The van der Waals surface area contributed by atoms with E-state index in [1.807, 2.05) is 0 Å². The molecule has 0 saturated carbocycles. The van der Waals surface area contributed by atoms with Gasteiger partial charge >= 0.3 is 0 Å². The summed E-state index contributed by atoms with van der Waals surface area (Å²) < 4.78 is 11.7. The van der Waals surface area contributed by atoms with Crippen LogP contribution in [-0.4, -0.2) is 36.2 Å². The zero-order chi connectivity index (χ0) is 16.8. The minimum atomic E-state index is -0.268. The summed E-state index contributed by atoms with van der Waals surface area (Å²) in [6, 6.07) is 6.39. The first-order chi connectivity index (χ1) is 11.0. The van der Waals surface area contributed by atoms with Crippen LogP contribution in [0.25, 0.3) is 0 Å². The van der Waals surface area contributed by atoms with E-state index in [1.165, 1.54) is 31.2 Å². The first kappa shape index (κ1) is 16.5. The van der Waals surface area contributed by atoms with Gasteiger partial charge < -0.3 is 14.8 Å². The SMILES string of the molecule is COc1cc(OC)cc(C(=O)NCCn2cnc(C)cc2=O)c1. The van der Waals surface area contributed by atoms with Gasteiger partial charge in [0.2, 0.25) is 0 Å². The molecule has 0 atom stereocenters. The third-order valence-electron chi connectivity index (χ3n) is 3.27. The number of aromatic nitrogens is 2. The lowest BCUT2D eigenvalue weighted by molar-refractivity contribution is 0.0951. The summed E-state index contributed by atoms with van der Waals surface area (Å²) in [5.41, 5.74) is 0.948. The van der Waals surface area contributed by atoms with E-state index in [2.05, 4.69) is 10.3 Å². The van der Waals surface area contributed by atoms with Crippen LogP contribution in [0.1, 0.15) is 16.1 Å². The van der Waals surface area contributed by atoms with Crippen LogP contribution in [0, 0.1) is 6.92 Å². The Kier molecular flexibility index (Phi) is 5.35. The molecule has 0 saturated heterocycles. The fourth-order valence-electron chi connectivity index (χ4n) is 2.01. The van der Waals surface area contributed by atoms with Gasteiger partial charge in [-0.05, 0) is 19.1 Å². The molecule has 7 heteroatoms. The normalized spacial score (nSPS) is 10.2. The summed E-state index contributed by atoms with van der Waals surface area (Å²) in [4.78, 5) is 28.0. The molecule has 0 spiro atoms. The largest absolute Gasteiger partial charge is 0.497 e. The number of ether oxygens (including phenoxy) is 2. The number of amides is 1. The van der Waals surface area contributed by atoms with Crippen LogP contribution >= 0.6 is 0 Å². The summed E-state index contributed by atoms with van der Waals surface area (Å²) in [7, 11) is 3.04. The average molecular weight is 317 g/mol. The third-order valence-corrected chi connectivity index (χ3v) is 3.27. The molecule has 1 aromatic carbocycles. The van der Waals surface area contributed by atoms with Crippen molar-refractivity contribution in [3.63, 3.8) is 0 Å². The van der Waals surface area contributed by atoms with Crippen LogP contribution < -0.4 is 20.3 Å².